The molecule has 0 atom stereocenters. The molecule has 0 unspecified atom stereocenters. The highest BCUT2D eigenvalue weighted by molar-refractivity contribution is 6.17. The topological polar surface area (TPSA) is 69.6 Å². The molecule has 6 heteroatoms. The molecular weight excluding hydrogens is 759 g/mol. The summed E-state index contributed by atoms with van der Waals surface area (Å²) in [5.74, 6) is 2.37. The molecule has 12 rings (SSSR count). The van der Waals surface area contributed by atoms with Crippen LogP contribution in [-0.4, -0.2) is 24.5 Å². The molecular formula is C56H35N5O. The summed E-state index contributed by atoms with van der Waals surface area (Å²) < 4.78 is 8.73. The van der Waals surface area contributed by atoms with E-state index in [-0.39, 0.29) is 0 Å². The van der Waals surface area contributed by atoms with Gasteiger partial charge in [-0.15, -0.1) is 0 Å². The molecule has 62 heavy (non-hydrogen) atoms. The summed E-state index contributed by atoms with van der Waals surface area (Å²) >= 11 is 0. The molecule has 0 bridgehead atoms. The van der Waals surface area contributed by atoms with E-state index >= 15 is 0 Å². The second-order valence-electron chi connectivity index (χ2n) is 15.4. The zero-order valence-electron chi connectivity index (χ0n) is 33.4. The number of rotatable bonds is 7. The third kappa shape index (κ3) is 6.04. The smallest absolute Gasteiger partial charge is 0.167 e. The zero-order chi connectivity index (χ0) is 41.0. The normalized spacial score (nSPS) is 11.5. The molecule has 4 heterocycles. The number of fused-ring (bicyclic) bond motifs is 6. The molecule has 12 aromatic rings. The van der Waals surface area contributed by atoms with Crippen LogP contribution in [0.5, 0.6) is 0 Å². The quantitative estimate of drug-likeness (QED) is 0.161. The number of aromatic nitrogens is 5. The lowest BCUT2D eigenvalue weighted by atomic mass is 9.91. The number of para-hydroxylation sites is 2. The van der Waals surface area contributed by atoms with Gasteiger partial charge in [-0.1, -0.05) is 170 Å². The average molecular weight is 794 g/mol. The molecule has 0 amide bonds. The highest BCUT2D eigenvalue weighted by atomic mass is 16.3. The van der Waals surface area contributed by atoms with Gasteiger partial charge in [-0.3, -0.25) is 4.57 Å². The Kier molecular flexibility index (Phi) is 8.38. The van der Waals surface area contributed by atoms with Crippen LogP contribution in [0.1, 0.15) is 0 Å². The van der Waals surface area contributed by atoms with Crippen molar-refractivity contribution in [3.05, 3.63) is 212 Å². The lowest BCUT2D eigenvalue weighted by molar-refractivity contribution is 0.669. The van der Waals surface area contributed by atoms with E-state index in [2.05, 4.69) is 138 Å². The Hall–Kier alpha value is -8.48. The maximum absolute atomic E-state index is 6.49. The van der Waals surface area contributed by atoms with Crippen LogP contribution < -0.4 is 0 Å². The van der Waals surface area contributed by atoms with Crippen LogP contribution in [0.2, 0.25) is 0 Å². The Morgan fingerprint density at radius 2 is 0.871 bits per heavy atom. The van der Waals surface area contributed by atoms with Gasteiger partial charge in [0.25, 0.3) is 0 Å². The maximum Gasteiger partial charge on any atom is 0.167 e. The van der Waals surface area contributed by atoms with Crippen molar-refractivity contribution in [2.24, 2.45) is 0 Å². The summed E-state index contributed by atoms with van der Waals surface area (Å²) in [5, 5.41) is 4.38. The summed E-state index contributed by atoms with van der Waals surface area (Å²) in [6, 6.07) is 71.3. The molecule has 6 nitrogen and oxygen atoms in total. The van der Waals surface area contributed by atoms with E-state index < -0.39 is 0 Å². The molecule has 0 aliphatic heterocycles. The number of nitrogens with zero attached hydrogens (tertiary/aromatic N) is 5. The van der Waals surface area contributed by atoms with Crippen molar-refractivity contribution in [2.75, 3.05) is 0 Å². The first-order valence-electron chi connectivity index (χ1n) is 20.7. The van der Waals surface area contributed by atoms with E-state index in [4.69, 9.17) is 24.4 Å². The highest BCUT2D eigenvalue weighted by Gasteiger charge is 2.23. The van der Waals surface area contributed by atoms with Gasteiger partial charge in [-0.05, 0) is 58.1 Å². The minimum Gasteiger partial charge on any atom is -0.456 e. The third-order valence-electron chi connectivity index (χ3n) is 11.7. The molecule has 0 aliphatic rings. The van der Waals surface area contributed by atoms with Crippen LogP contribution >= 0.6 is 0 Å². The molecule has 0 N–H and O–H groups in total. The van der Waals surface area contributed by atoms with E-state index in [1.807, 2.05) is 79.0 Å². The molecule has 290 valence electrons. The second kappa shape index (κ2) is 14.7. The van der Waals surface area contributed by atoms with E-state index in [9.17, 15) is 0 Å². The number of furan rings is 1. The van der Waals surface area contributed by atoms with Crippen LogP contribution in [0.4, 0.5) is 0 Å². The largest absolute Gasteiger partial charge is 0.456 e. The van der Waals surface area contributed by atoms with Gasteiger partial charge in [0, 0.05) is 50.5 Å². The van der Waals surface area contributed by atoms with E-state index in [1.165, 1.54) is 0 Å². The Bertz CT molecular complexity index is 3560. The Labute approximate surface area is 357 Å². The Morgan fingerprint density at radius 3 is 1.55 bits per heavy atom. The maximum atomic E-state index is 6.49. The van der Waals surface area contributed by atoms with Crippen molar-refractivity contribution in [1.29, 1.82) is 0 Å². The average Bonchev–Trinajstić information content (AvgIpc) is 3.88. The monoisotopic (exact) mass is 793 g/mol. The van der Waals surface area contributed by atoms with Crippen LogP contribution in [-0.2, 0) is 0 Å². The molecule has 0 aliphatic carbocycles. The van der Waals surface area contributed by atoms with Crippen LogP contribution in [0.15, 0.2) is 217 Å². The summed E-state index contributed by atoms with van der Waals surface area (Å²) in [5.41, 5.74) is 12.7. The van der Waals surface area contributed by atoms with E-state index in [0.717, 1.165) is 93.8 Å². The third-order valence-corrected chi connectivity index (χ3v) is 11.7. The first kappa shape index (κ1) is 35.5. The van der Waals surface area contributed by atoms with Crippen LogP contribution in [0, 0.1) is 0 Å². The highest BCUT2D eigenvalue weighted by Crippen LogP contribution is 2.42. The van der Waals surface area contributed by atoms with E-state index in [0.29, 0.717) is 23.3 Å². The molecule has 4 aromatic heterocycles. The molecule has 0 fully saturated rings. The lowest BCUT2D eigenvalue weighted by Crippen LogP contribution is -2.05. The van der Waals surface area contributed by atoms with Gasteiger partial charge in [-0.2, -0.15) is 0 Å². The molecule has 0 saturated carbocycles. The predicted octanol–water partition coefficient (Wildman–Crippen LogP) is 14.3. The summed E-state index contributed by atoms with van der Waals surface area (Å²) in [6.45, 7) is 0. The van der Waals surface area contributed by atoms with Gasteiger partial charge >= 0.3 is 0 Å². The first-order chi connectivity index (χ1) is 30.7. The summed E-state index contributed by atoms with van der Waals surface area (Å²) in [6.07, 6.45) is 1.98. The molecule has 8 aromatic carbocycles. The SMILES string of the molecule is c1ccc(-c2nc(-c3ccccc3)nc(-c3cc(-c4ccc(-c5ccccc5)c(-c5ccccc5)c4)cnc3-n3c4ccccc4c4cc5c(cc43)oc3ccccc35)n2)cc1. The van der Waals surface area contributed by atoms with Gasteiger partial charge in [-0.25, -0.2) is 19.9 Å². The fourth-order valence-corrected chi connectivity index (χ4v) is 8.75. The number of hydrogen-bond acceptors (Lipinski definition) is 5. The molecule has 0 spiro atoms. The molecule has 0 radical (unpaired) electrons. The number of hydrogen-bond donors (Lipinski definition) is 0. The second-order valence-corrected chi connectivity index (χ2v) is 15.4. The Balaban J connectivity index is 1.15. The fraction of sp³-hybridized carbons (Fsp3) is 0. The van der Waals surface area contributed by atoms with Gasteiger partial charge in [0.2, 0.25) is 0 Å². The van der Waals surface area contributed by atoms with Crippen LogP contribution in [0.25, 0.3) is 117 Å². The standard InChI is InChI=1S/C56H35N5O/c1-5-17-36(18-6-1)42-30-29-40(31-45(42)37-19-7-2-8-20-37)41-32-48(55-59-53(38-21-9-3-10-22-38)58-54(60-55)39-23-11-4-12-24-39)56(57-35-41)61-49-27-15-13-25-43(49)46-33-47-44-26-14-16-28-51(44)62-52(47)34-50(46)61/h1-35H. The Morgan fingerprint density at radius 1 is 0.323 bits per heavy atom. The van der Waals surface area contributed by atoms with Crippen molar-refractivity contribution in [3.63, 3.8) is 0 Å². The minimum atomic E-state index is 0.516. The van der Waals surface area contributed by atoms with Gasteiger partial charge in [0.15, 0.2) is 17.5 Å². The number of benzene rings is 8. The number of pyridine rings is 1. The first-order valence-corrected chi connectivity index (χ1v) is 20.7. The van der Waals surface area contributed by atoms with Crippen molar-refractivity contribution in [3.8, 4) is 73.4 Å². The van der Waals surface area contributed by atoms with Crippen molar-refractivity contribution in [2.45, 2.75) is 0 Å². The van der Waals surface area contributed by atoms with Gasteiger partial charge in [0.05, 0.1) is 16.6 Å². The fourth-order valence-electron chi connectivity index (χ4n) is 8.75. The van der Waals surface area contributed by atoms with Crippen molar-refractivity contribution in [1.82, 2.24) is 24.5 Å². The lowest BCUT2D eigenvalue weighted by Gasteiger charge is -2.16. The van der Waals surface area contributed by atoms with Crippen LogP contribution in [0.3, 0.4) is 0 Å². The van der Waals surface area contributed by atoms with Crippen molar-refractivity contribution >= 4 is 43.7 Å². The summed E-state index contributed by atoms with van der Waals surface area (Å²) in [7, 11) is 0. The van der Waals surface area contributed by atoms with Gasteiger partial charge < -0.3 is 4.42 Å². The summed E-state index contributed by atoms with van der Waals surface area (Å²) in [4.78, 5) is 21.0. The predicted molar refractivity (Wildman–Crippen MR) is 252 cm³/mol. The minimum absolute atomic E-state index is 0.516. The van der Waals surface area contributed by atoms with Crippen molar-refractivity contribution < 1.29 is 4.42 Å². The van der Waals surface area contributed by atoms with E-state index in [1.54, 1.807) is 0 Å². The zero-order valence-corrected chi connectivity index (χ0v) is 33.4. The molecule has 0 saturated heterocycles. The van der Waals surface area contributed by atoms with Gasteiger partial charge in [0.1, 0.15) is 17.0 Å².